The molecule has 11 nitrogen and oxygen atoms in total. The van der Waals surface area contributed by atoms with Crippen LogP contribution in [0.15, 0.2) is 54.9 Å². The molecule has 1 fully saturated rings. The van der Waals surface area contributed by atoms with Crippen molar-refractivity contribution < 1.29 is 38.7 Å². The van der Waals surface area contributed by atoms with E-state index in [0.29, 0.717) is 60.2 Å². The molecule has 232 valence electrons. The summed E-state index contributed by atoms with van der Waals surface area (Å²) in [5.74, 6) is 0.0102. The average molecular weight is 604 g/mol. The Hall–Kier alpha value is -4.35. The quantitative estimate of drug-likeness (QED) is 0.314. The first-order chi connectivity index (χ1) is 21.5. The van der Waals surface area contributed by atoms with E-state index in [1.807, 2.05) is 35.2 Å². The van der Waals surface area contributed by atoms with Crippen molar-refractivity contribution in [3.05, 3.63) is 71.5 Å². The number of aliphatic carboxylic acids is 1. The molecule has 2 aromatic carbocycles. The maximum Gasteiger partial charge on any atom is 0.308 e. The van der Waals surface area contributed by atoms with Gasteiger partial charge in [0.05, 0.1) is 31.0 Å². The Labute approximate surface area is 255 Å². The van der Waals surface area contributed by atoms with E-state index in [1.54, 1.807) is 29.4 Å². The Bertz CT molecular complexity index is 1500. The molecule has 0 unspecified atom stereocenters. The van der Waals surface area contributed by atoms with Crippen LogP contribution in [-0.4, -0.2) is 71.2 Å². The fourth-order valence-corrected chi connectivity index (χ4v) is 6.61. The van der Waals surface area contributed by atoms with Crippen LogP contribution in [0.4, 0.5) is 5.69 Å². The lowest BCUT2D eigenvalue weighted by Crippen LogP contribution is -2.44. The highest BCUT2D eigenvalue weighted by molar-refractivity contribution is 5.94. The number of amides is 1. The summed E-state index contributed by atoms with van der Waals surface area (Å²) in [4.78, 5) is 35.0. The van der Waals surface area contributed by atoms with E-state index in [-0.39, 0.29) is 32.6 Å². The highest BCUT2D eigenvalue weighted by atomic mass is 16.7. The van der Waals surface area contributed by atoms with E-state index in [9.17, 15) is 19.8 Å². The number of likely N-dealkylation sites (tertiary alicyclic amines) is 1. The first-order valence-corrected chi connectivity index (χ1v) is 15.1. The zero-order chi connectivity index (χ0) is 30.6. The molecule has 11 heteroatoms. The number of carbonyl (C=O) groups is 2. The third kappa shape index (κ3) is 5.89. The molecule has 3 aliphatic rings. The van der Waals surface area contributed by atoms with Crippen LogP contribution >= 0.6 is 0 Å². The number of anilines is 1. The van der Waals surface area contributed by atoms with Crippen molar-refractivity contribution >= 4 is 17.6 Å². The third-order valence-electron chi connectivity index (χ3n) is 8.72. The molecule has 0 aliphatic carbocycles. The Morgan fingerprint density at radius 2 is 1.82 bits per heavy atom. The topological polar surface area (TPSA) is 131 Å². The minimum absolute atomic E-state index is 0.0389. The van der Waals surface area contributed by atoms with Crippen LogP contribution in [0.1, 0.15) is 48.8 Å². The van der Waals surface area contributed by atoms with Crippen LogP contribution in [0, 0.1) is 5.92 Å². The number of carboxylic acids is 1. The van der Waals surface area contributed by atoms with E-state index < -0.39 is 23.8 Å². The van der Waals surface area contributed by atoms with Crippen molar-refractivity contribution in [3.63, 3.8) is 0 Å². The molecule has 6 rings (SSSR count). The maximum absolute atomic E-state index is 14.0. The van der Waals surface area contributed by atoms with Gasteiger partial charge >= 0.3 is 5.97 Å². The number of aryl methyl sites for hydroxylation is 1. The average Bonchev–Trinajstić information content (AvgIpc) is 3.79. The summed E-state index contributed by atoms with van der Waals surface area (Å²) in [6.45, 7) is 2.93. The standard InChI is InChI=1S/C33H37N3O8/c1-2-3-12-36(24-7-5-11-34-15-24)29(38)17-35-16-25(22-13-23(18-37)32-28(14-22)42-20-44-32)30(33(39)40)26(35)10-9-21-6-4-8-27-31(21)43-19-41-27/h4-8,11,13-15,25-26,30,37H,2-3,9-10,12,16-20H2,1H3,(H,39,40)/t25-,26+,30-/m1/s1. The van der Waals surface area contributed by atoms with Crippen molar-refractivity contribution in [1.82, 2.24) is 9.88 Å². The van der Waals surface area contributed by atoms with Gasteiger partial charge in [-0.25, -0.2) is 0 Å². The van der Waals surface area contributed by atoms with Gasteiger partial charge in [-0.3, -0.25) is 19.5 Å². The molecule has 3 atom stereocenters. The number of unbranched alkanes of at least 4 members (excludes halogenated alkanes) is 1. The number of aliphatic hydroxyl groups excluding tert-OH is 1. The van der Waals surface area contributed by atoms with Gasteiger partial charge in [0.15, 0.2) is 23.0 Å². The third-order valence-corrected chi connectivity index (χ3v) is 8.72. The summed E-state index contributed by atoms with van der Waals surface area (Å²) in [5.41, 5.74) is 2.93. The molecule has 0 spiro atoms. The zero-order valence-corrected chi connectivity index (χ0v) is 24.7. The van der Waals surface area contributed by atoms with Crippen molar-refractivity contribution in [2.75, 3.05) is 38.1 Å². The van der Waals surface area contributed by atoms with Crippen molar-refractivity contribution in [3.8, 4) is 23.0 Å². The van der Waals surface area contributed by atoms with Crippen molar-refractivity contribution in [1.29, 1.82) is 0 Å². The second-order valence-corrected chi connectivity index (χ2v) is 11.3. The first kappa shape index (κ1) is 29.7. The van der Waals surface area contributed by atoms with Gasteiger partial charge in [0.1, 0.15) is 0 Å². The summed E-state index contributed by atoms with van der Waals surface area (Å²) >= 11 is 0. The second kappa shape index (κ2) is 13.1. The van der Waals surface area contributed by atoms with Gasteiger partial charge in [-0.05, 0) is 60.7 Å². The summed E-state index contributed by atoms with van der Waals surface area (Å²) in [6, 6.07) is 12.5. The van der Waals surface area contributed by atoms with Gasteiger partial charge in [-0.15, -0.1) is 0 Å². The molecule has 0 radical (unpaired) electrons. The zero-order valence-electron chi connectivity index (χ0n) is 24.7. The van der Waals surface area contributed by atoms with E-state index in [4.69, 9.17) is 18.9 Å². The lowest BCUT2D eigenvalue weighted by atomic mass is 9.82. The van der Waals surface area contributed by atoms with Gasteiger partial charge < -0.3 is 34.1 Å². The molecule has 0 saturated carbocycles. The molecule has 1 saturated heterocycles. The molecule has 2 N–H and O–H groups in total. The number of carbonyl (C=O) groups excluding carboxylic acids is 1. The molecule has 1 amide bonds. The van der Waals surface area contributed by atoms with Crippen LogP contribution in [-0.2, 0) is 22.6 Å². The van der Waals surface area contributed by atoms with Crippen LogP contribution in [0.2, 0.25) is 0 Å². The van der Waals surface area contributed by atoms with Crippen molar-refractivity contribution in [2.45, 2.75) is 51.2 Å². The smallest absolute Gasteiger partial charge is 0.308 e. The number of aromatic nitrogens is 1. The number of para-hydroxylation sites is 1. The Balaban J connectivity index is 1.33. The van der Waals surface area contributed by atoms with Crippen LogP contribution in [0.25, 0.3) is 0 Å². The minimum Gasteiger partial charge on any atom is -0.481 e. The van der Waals surface area contributed by atoms with E-state index in [2.05, 4.69) is 11.9 Å². The molecule has 44 heavy (non-hydrogen) atoms. The SMILES string of the molecule is CCCCN(C(=O)CN1C[C@H](c2cc(CO)c3c(c2)OCO3)[C@@H](C(=O)O)[C@@H]1CCc1cccc2c1OCO2)c1cccnc1. The number of carboxylic acid groups (broad SMARTS) is 1. The van der Waals surface area contributed by atoms with Gasteiger partial charge in [0.25, 0.3) is 0 Å². The van der Waals surface area contributed by atoms with E-state index >= 15 is 0 Å². The molecule has 0 bridgehead atoms. The van der Waals surface area contributed by atoms with Gasteiger partial charge in [-0.2, -0.15) is 0 Å². The summed E-state index contributed by atoms with van der Waals surface area (Å²) in [6.07, 6.45) is 6.13. The monoisotopic (exact) mass is 603 g/mol. The number of fused-ring (bicyclic) bond motifs is 2. The molecule has 1 aromatic heterocycles. The lowest BCUT2D eigenvalue weighted by Gasteiger charge is -2.29. The maximum atomic E-state index is 14.0. The number of nitrogens with zero attached hydrogens (tertiary/aromatic N) is 3. The lowest BCUT2D eigenvalue weighted by molar-refractivity contribution is -0.143. The number of aliphatic hydroxyl groups is 1. The fourth-order valence-electron chi connectivity index (χ4n) is 6.61. The number of pyridine rings is 1. The number of hydrogen-bond donors (Lipinski definition) is 2. The minimum atomic E-state index is -0.939. The van der Waals surface area contributed by atoms with Crippen molar-refractivity contribution in [2.24, 2.45) is 5.92 Å². The van der Waals surface area contributed by atoms with Gasteiger partial charge in [0.2, 0.25) is 19.5 Å². The summed E-state index contributed by atoms with van der Waals surface area (Å²) in [7, 11) is 0. The summed E-state index contributed by atoms with van der Waals surface area (Å²) < 4.78 is 22.5. The largest absolute Gasteiger partial charge is 0.481 e. The highest BCUT2D eigenvalue weighted by Gasteiger charge is 2.47. The molecular formula is C33H37N3O8. The Kier molecular flexibility index (Phi) is 8.85. The fraction of sp³-hybridized carbons (Fsp3) is 0.424. The Morgan fingerprint density at radius 1 is 1.02 bits per heavy atom. The number of benzene rings is 2. The Morgan fingerprint density at radius 3 is 2.55 bits per heavy atom. The van der Waals surface area contributed by atoms with Crippen LogP contribution in [0.3, 0.4) is 0 Å². The predicted molar refractivity (Wildman–Crippen MR) is 160 cm³/mol. The second-order valence-electron chi connectivity index (χ2n) is 11.3. The normalized spacial score (nSPS) is 20.2. The van der Waals surface area contributed by atoms with Crippen LogP contribution < -0.4 is 23.8 Å². The predicted octanol–water partition coefficient (Wildman–Crippen LogP) is 3.97. The molecule has 3 aromatic rings. The number of hydrogen-bond acceptors (Lipinski definition) is 9. The molecular weight excluding hydrogens is 566 g/mol. The van der Waals surface area contributed by atoms with E-state index in [0.717, 1.165) is 24.0 Å². The van der Waals surface area contributed by atoms with Crippen LogP contribution in [0.5, 0.6) is 23.0 Å². The summed E-state index contributed by atoms with van der Waals surface area (Å²) in [5, 5.41) is 20.7. The number of rotatable bonds is 12. The molecule has 3 aliphatic heterocycles. The van der Waals surface area contributed by atoms with Gasteiger partial charge in [0, 0.05) is 36.8 Å². The molecule has 4 heterocycles. The first-order valence-electron chi connectivity index (χ1n) is 15.1. The van der Waals surface area contributed by atoms with Gasteiger partial charge in [-0.1, -0.05) is 25.5 Å². The van der Waals surface area contributed by atoms with E-state index in [1.165, 1.54) is 0 Å². The number of ether oxygens (including phenoxy) is 4. The highest BCUT2D eigenvalue weighted by Crippen LogP contribution is 2.45.